The molecule has 1 fully saturated rings. The molecule has 0 aromatic carbocycles. The van der Waals surface area contributed by atoms with Gasteiger partial charge in [0, 0.05) is 5.92 Å². The Bertz CT molecular complexity index is 154. The Morgan fingerprint density at radius 3 is 2.45 bits per heavy atom. The number of hydrogen-bond donors (Lipinski definition) is 0. The van der Waals surface area contributed by atoms with Crippen molar-refractivity contribution in [3.8, 4) is 0 Å². The molecule has 1 aliphatic rings. The van der Waals surface area contributed by atoms with Crippen molar-refractivity contribution in [1.29, 1.82) is 0 Å². The lowest BCUT2D eigenvalue weighted by molar-refractivity contribution is -0.120. The van der Waals surface area contributed by atoms with E-state index in [1.54, 1.807) is 0 Å². The third kappa shape index (κ3) is 2.19. The number of hydrogen-bond acceptors (Lipinski definition) is 1. The Labute approximate surface area is 73.1 Å². The van der Waals surface area contributed by atoms with E-state index < -0.39 is 0 Å². The largest absolute Gasteiger partial charge is 0.281 e. The average Bonchev–Trinajstić information content (AvgIpc) is 1.78. The summed E-state index contributed by atoms with van der Waals surface area (Å²) in [6.07, 6.45) is 3.37. The number of carbonyl (C=O) groups excluding carboxylic acids is 1. The summed E-state index contributed by atoms with van der Waals surface area (Å²) in [7, 11) is 0. The molecule has 0 saturated heterocycles. The lowest BCUT2D eigenvalue weighted by atomic mass is 9.71. The highest BCUT2D eigenvalue weighted by molar-refractivity contribution is 6.64. The number of halogens is 1. The van der Waals surface area contributed by atoms with Gasteiger partial charge in [-0.05, 0) is 42.7 Å². The zero-order chi connectivity index (χ0) is 8.43. The molecular formula is C9H15ClO. The van der Waals surface area contributed by atoms with E-state index in [1.807, 2.05) is 0 Å². The summed E-state index contributed by atoms with van der Waals surface area (Å²) in [6, 6.07) is 0. The fourth-order valence-electron chi connectivity index (χ4n) is 1.76. The van der Waals surface area contributed by atoms with Gasteiger partial charge in [-0.2, -0.15) is 0 Å². The molecule has 2 heteroatoms. The third-order valence-electron chi connectivity index (χ3n) is 2.48. The summed E-state index contributed by atoms with van der Waals surface area (Å²) in [5, 5.41) is -0.123. The maximum atomic E-state index is 10.8. The van der Waals surface area contributed by atoms with Crippen LogP contribution in [-0.2, 0) is 4.79 Å². The van der Waals surface area contributed by atoms with Gasteiger partial charge < -0.3 is 0 Å². The van der Waals surface area contributed by atoms with Crippen LogP contribution in [0.25, 0.3) is 0 Å². The van der Waals surface area contributed by atoms with Crippen LogP contribution in [0.15, 0.2) is 0 Å². The Balaban J connectivity index is 2.31. The molecule has 0 radical (unpaired) electrons. The second kappa shape index (κ2) is 3.57. The van der Waals surface area contributed by atoms with Crippen LogP contribution < -0.4 is 0 Å². The first kappa shape index (κ1) is 9.05. The molecule has 64 valence electrons. The quantitative estimate of drug-likeness (QED) is 0.602. The summed E-state index contributed by atoms with van der Waals surface area (Å²) < 4.78 is 0. The highest BCUT2D eigenvalue weighted by atomic mass is 35.5. The van der Waals surface area contributed by atoms with Crippen LogP contribution in [0.1, 0.15) is 33.1 Å². The van der Waals surface area contributed by atoms with Crippen molar-refractivity contribution in [2.75, 3.05) is 0 Å². The van der Waals surface area contributed by atoms with Crippen molar-refractivity contribution in [1.82, 2.24) is 0 Å². The summed E-state index contributed by atoms with van der Waals surface area (Å²) in [5.74, 6) is 1.46. The lowest BCUT2D eigenvalue weighted by Gasteiger charge is -2.34. The van der Waals surface area contributed by atoms with Gasteiger partial charge in [0.1, 0.15) is 0 Å². The number of carbonyl (C=O) groups is 1. The minimum Gasteiger partial charge on any atom is -0.281 e. The molecule has 1 aliphatic carbocycles. The zero-order valence-electron chi connectivity index (χ0n) is 7.14. The van der Waals surface area contributed by atoms with E-state index >= 15 is 0 Å². The van der Waals surface area contributed by atoms with Gasteiger partial charge in [-0.25, -0.2) is 0 Å². The summed E-state index contributed by atoms with van der Waals surface area (Å²) in [4.78, 5) is 10.8. The van der Waals surface area contributed by atoms with Crippen LogP contribution in [0.2, 0.25) is 0 Å². The molecule has 0 bridgehead atoms. The predicted molar refractivity (Wildman–Crippen MR) is 46.5 cm³/mol. The Morgan fingerprint density at radius 1 is 1.55 bits per heavy atom. The van der Waals surface area contributed by atoms with E-state index in [2.05, 4.69) is 13.8 Å². The van der Waals surface area contributed by atoms with Crippen molar-refractivity contribution in [3.05, 3.63) is 0 Å². The van der Waals surface area contributed by atoms with Crippen molar-refractivity contribution in [2.45, 2.75) is 33.1 Å². The first-order chi connectivity index (χ1) is 5.11. The maximum absolute atomic E-state index is 10.8. The molecule has 0 heterocycles. The van der Waals surface area contributed by atoms with Crippen LogP contribution in [0.5, 0.6) is 0 Å². The monoisotopic (exact) mass is 174 g/mol. The molecule has 1 nitrogen and oxygen atoms in total. The number of rotatable bonds is 3. The fourth-order valence-corrected chi connectivity index (χ4v) is 2.04. The smallest absolute Gasteiger partial charge is 0.224 e. The first-order valence-corrected chi connectivity index (χ1v) is 4.68. The molecule has 0 aromatic heterocycles. The van der Waals surface area contributed by atoms with E-state index in [4.69, 9.17) is 11.6 Å². The molecule has 2 unspecified atom stereocenters. The second-order valence-electron chi connectivity index (χ2n) is 3.88. The van der Waals surface area contributed by atoms with Gasteiger partial charge in [0.2, 0.25) is 5.24 Å². The Morgan fingerprint density at radius 2 is 2.18 bits per heavy atom. The maximum Gasteiger partial charge on any atom is 0.224 e. The Hall–Kier alpha value is -0.0400. The van der Waals surface area contributed by atoms with Gasteiger partial charge in [-0.3, -0.25) is 4.79 Å². The SMILES string of the molecule is CC(C)CC1CCC1C(=O)Cl. The normalized spacial score (nSPS) is 30.2. The average molecular weight is 175 g/mol. The summed E-state index contributed by atoms with van der Waals surface area (Å²) in [5.41, 5.74) is 0. The fraction of sp³-hybridized carbons (Fsp3) is 0.889. The first-order valence-electron chi connectivity index (χ1n) is 4.30. The van der Waals surface area contributed by atoms with E-state index in [0.717, 1.165) is 12.8 Å². The van der Waals surface area contributed by atoms with Gasteiger partial charge in [0.15, 0.2) is 0 Å². The summed E-state index contributed by atoms with van der Waals surface area (Å²) in [6.45, 7) is 4.38. The van der Waals surface area contributed by atoms with E-state index in [-0.39, 0.29) is 11.2 Å². The minimum absolute atomic E-state index is 0.123. The molecular weight excluding hydrogens is 160 g/mol. The van der Waals surface area contributed by atoms with Crippen molar-refractivity contribution >= 4 is 16.8 Å². The van der Waals surface area contributed by atoms with Gasteiger partial charge >= 0.3 is 0 Å². The van der Waals surface area contributed by atoms with E-state index in [0.29, 0.717) is 11.8 Å². The molecule has 0 amide bonds. The molecule has 0 aliphatic heterocycles. The van der Waals surface area contributed by atoms with Crippen LogP contribution in [0.4, 0.5) is 0 Å². The van der Waals surface area contributed by atoms with E-state index in [1.165, 1.54) is 6.42 Å². The topological polar surface area (TPSA) is 17.1 Å². The van der Waals surface area contributed by atoms with Crippen LogP contribution in [-0.4, -0.2) is 5.24 Å². The molecule has 11 heavy (non-hydrogen) atoms. The second-order valence-corrected chi connectivity index (χ2v) is 4.25. The lowest BCUT2D eigenvalue weighted by Crippen LogP contribution is -2.31. The molecule has 2 atom stereocenters. The van der Waals surface area contributed by atoms with Crippen molar-refractivity contribution in [2.24, 2.45) is 17.8 Å². The standard InChI is InChI=1S/C9H15ClO/c1-6(2)5-7-3-4-8(7)9(10)11/h6-8H,3-5H2,1-2H3. The van der Waals surface area contributed by atoms with Gasteiger partial charge in [-0.1, -0.05) is 13.8 Å². The molecule has 1 rings (SSSR count). The van der Waals surface area contributed by atoms with Crippen molar-refractivity contribution in [3.63, 3.8) is 0 Å². The highest BCUT2D eigenvalue weighted by Gasteiger charge is 2.35. The van der Waals surface area contributed by atoms with Gasteiger partial charge in [-0.15, -0.1) is 0 Å². The Kier molecular flexibility index (Phi) is 2.94. The van der Waals surface area contributed by atoms with Gasteiger partial charge in [0.05, 0.1) is 0 Å². The summed E-state index contributed by atoms with van der Waals surface area (Å²) >= 11 is 5.42. The molecule has 0 N–H and O–H groups in total. The highest BCUT2D eigenvalue weighted by Crippen LogP contribution is 2.39. The molecule has 0 spiro atoms. The van der Waals surface area contributed by atoms with Crippen LogP contribution in [0.3, 0.4) is 0 Å². The molecule has 1 saturated carbocycles. The van der Waals surface area contributed by atoms with Gasteiger partial charge in [0.25, 0.3) is 0 Å². The van der Waals surface area contributed by atoms with Crippen molar-refractivity contribution < 1.29 is 4.79 Å². The van der Waals surface area contributed by atoms with E-state index in [9.17, 15) is 4.79 Å². The third-order valence-corrected chi connectivity index (χ3v) is 2.76. The minimum atomic E-state index is -0.123. The molecule has 0 aromatic rings. The predicted octanol–water partition coefficient (Wildman–Crippen LogP) is 2.82. The van der Waals surface area contributed by atoms with Crippen LogP contribution >= 0.6 is 11.6 Å². The zero-order valence-corrected chi connectivity index (χ0v) is 7.90. The van der Waals surface area contributed by atoms with Crippen LogP contribution in [0, 0.1) is 17.8 Å².